The molecule has 4 aromatic rings. The molecule has 1 amide bonds. The lowest BCUT2D eigenvalue weighted by molar-refractivity contribution is -0.126. The number of ether oxygens (including phenoxy) is 1. The molecule has 2 aromatic heterocycles. The van der Waals surface area contributed by atoms with Gasteiger partial charge in [-0.3, -0.25) is 9.69 Å². The third-order valence-electron chi connectivity index (χ3n) is 6.52. The second-order valence-electron chi connectivity index (χ2n) is 9.06. The quantitative estimate of drug-likeness (QED) is 0.387. The number of aromatic nitrogens is 4. The van der Waals surface area contributed by atoms with E-state index in [-0.39, 0.29) is 11.8 Å². The Morgan fingerprint density at radius 3 is 2.67 bits per heavy atom. The van der Waals surface area contributed by atoms with Crippen LogP contribution in [0.5, 0.6) is 5.75 Å². The number of nitrogens with zero attached hydrogens (tertiary/aromatic N) is 5. The number of piperidine rings is 1. The van der Waals surface area contributed by atoms with Gasteiger partial charge in [-0.1, -0.05) is 29.4 Å². The topological polar surface area (TPSA) is 98.3 Å². The van der Waals surface area contributed by atoms with Gasteiger partial charge in [0.2, 0.25) is 17.6 Å². The number of imidazole rings is 1. The summed E-state index contributed by atoms with van der Waals surface area (Å²) in [4.78, 5) is 23.7. The van der Waals surface area contributed by atoms with Crippen LogP contribution < -0.4 is 10.1 Å². The Balaban J connectivity index is 1.07. The minimum Gasteiger partial charge on any atom is -0.497 e. The van der Waals surface area contributed by atoms with Crippen molar-refractivity contribution in [3.63, 3.8) is 0 Å². The number of amides is 1. The number of methoxy groups -OCH3 is 1. The summed E-state index contributed by atoms with van der Waals surface area (Å²) in [5, 5.41) is 7.23. The molecule has 2 aromatic carbocycles. The van der Waals surface area contributed by atoms with Crippen molar-refractivity contribution >= 4 is 5.91 Å². The Morgan fingerprint density at radius 1 is 1.11 bits per heavy atom. The van der Waals surface area contributed by atoms with Gasteiger partial charge in [0.15, 0.2) is 0 Å². The zero-order valence-electron chi connectivity index (χ0n) is 20.3. The lowest BCUT2D eigenvalue weighted by atomic mass is 9.96. The molecule has 1 aliphatic heterocycles. The van der Waals surface area contributed by atoms with Gasteiger partial charge < -0.3 is 19.1 Å². The predicted octanol–water partition coefficient (Wildman–Crippen LogP) is 3.52. The zero-order chi connectivity index (χ0) is 24.7. The fourth-order valence-corrected chi connectivity index (χ4v) is 4.48. The van der Waals surface area contributed by atoms with Crippen LogP contribution in [-0.4, -0.2) is 50.7 Å². The molecule has 0 spiro atoms. The minimum absolute atomic E-state index is 0.0212. The molecule has 9 nitrogen and oxygen atoms in total. The lowest BCUT2D eigenvalue weighted by Gasteiger charge is -2.30. The Labute approximate surface area is 210 Å². The summed E-state index contributed by atoms with van der Waals surface area (Å²) in [7, 11) is 1.64. The molecule has 0 unspecified atom stereocenters. The third-order valence-corrected chi connectivity index (χ3v) is 6.52. The second kappa shape index (κ2) is 11.2. The van der Waals surface area contributed by atoms with Crippen LogP contribution in [0.3, 0.4) is 0 Å². The van der Waals surface area contributed by atoms with Gasteiger partial charge >= 0.3 is 0 Å². The molecular formula is C27H30N6O3. The number of carbonyl (C=O) groups excluding carboxylic acids is 1. The van der Waals surface area contributed by atoms with Gasteiger partial charge in [-0.15, -0.1) is 0 Å². The minimum atomic E-state index is 0.0212. The van der Waals surface area contributed by atoms with Crippen LogP contribution in [-0.2, 0) is 24.4 Å². The largest absolute Gasteiger partial charge is 0.497 e. The molecule has 9 heteroatoms. The van der Waals surface area contributed by atoms with Gasteiger partial charge in [0, 0.05) is 37.0 Å². The van der Waals surface area contributed by atoms with Crippen LogP contribution in [0.2, 0.25) is 0 Å². The summed E-state index contributed by atoms with van der Waals surface area (Å²) in [6, 6.07) is 15.9. The van der Waals surface area contributed by atoms with E-state index in [4.69, 9.17) is 9.26 Å². The van der Waals surface area contributed by atoms with E-state index < -0.39 is 0 Å². The van der Waals surface area contributed by atoms with E-state index in [2.05, 4.69) is 37.5 Å². The molecule has 0 bridgehead atoms. The first-order valence-electron chi connectivity index (χ1n) is 12.2. The number of rotatable bonds is 9. The van der Waals surface area contributed by atoms with E-state index in [1.165, 1.54) is 5.56 Å². The van der Waals surface area contributed by atoms with Crippen LogP contribution in [0.15, 0.2) is 71.8 Å². The molecule has 1 N–H and O–H groups in total. The van der Waals surface area contributed by atoms with E-state index >= 15 is 0 Å². The first-order chi connectivity index (χ1) is 17.7. The number of hydrogen-bond donors (Lipinski definition) is 1. The number of carbonyl (C=O) groups is 1. The molecular weight excluding hydrogens is 456 g/mol. The van der Waals surface area contributed by atoms with Gasteiger partial charge in [0.05, 0.1) is 20.0 Å². The molecule has 1 fully saturated rings. The summed E-state index contributed by atoms with van der Waals surface area (Å²) in [6.45, 7) is 3.52. The van der Waals surface area contributed by atoms with Crippen molar-refractivity contribution in [1.29, 1.82) is 0 Å². The van der Waals surface area contributed by atoms with Crippen LogP contribution in [0, 0.1) is 5.92 Å². The average Bonchev–Trinajstić information content (AvgIpc) is 3.60. The van der Waals surface area contributed by atoms with Crippen molar-refractivity contribution in [1.82, 2.24) is 29.9 Å². The molecule has 36 heavy (non-hydrogen) atoms. The second-order valence-corrected chi connectivity index (χ2v) is 9.06. The highest BCUT2D eigenvalue weighted by atomic mass is 16.5. The summed E-state index contributed by atoms with van der Waals surface area (Å²) < 4.78 is 12.7. The Kier molecular flexibility index (Phi) is 7.37. The third kappa shape index (κ3) is 5.98. The van der Waals surface area contributed by atoms with Crippen molar-refractivity contribution in [3.05, 3.63) is 84.3 Å². The first-order valence-corrected chi connectivity index (χ1v) is 12.2. The Hall–Kier alpha value is -3.98. The highest BCUT2D eigenvalue weighted by Crippen LogP contribution is 2.22. The van der Waals surface area contributed by atoms with Gasteiger partial charge in [0.25, 0.3) is 0 Å². The molecule has 0 atom stereocenters. The van der Waals surface area contributed by atoms with Crippen LogP contribution in [0.1, 0.15) is 29.9 Å². The maximum atomic E-state index is 12.8. The molecule has 1 saturated heterocycles. The highest BCUT2D eigenvalue weighted by molar-refractivity contribution is 5.78. The van der Waals surface area contributed by atoms with Crippen LogP contribution in [0.4, 0.5) is 0 Å². The maximum Gasteiger partial charge on any atom is 0.241 e. The van der Waals surface area contributed by atoms with Crippen molar-refractivity contribution in [2.45, 2.75) is 32.5 Å². The molecule has 5 rings (SSSR count). The standard InChI is InChI=1S/C27H30N6O3/c1-35-24-7-5-22(6-8-24)26-30-25(36-31-26)18-32-12-9-23(10-13-32)27(34)29-16-20-3-2-4-21(15-20)17-33-14-11-28-19-33/h2-8,11,14-15,19,23H,9-10,12-13,16-18H2,1H3,(H,29,34). The highest BCUT2D eigenvalue weighted by Gasteiger charge is 2.26. The maximum absolute atomic E-state index is 12.8. The lowest BCUT2D eigenvalue weighted by Crippen LogP contribution is -2.40. The van der Waals surface area contributed by atoms with E-state index in [9.17, 15) is 4.79 Å². The zero-order valence-corrected chi connectivity index (χ0v) is 20.3. The molecule has 0 aliphatic carbocycles. The van der Waals surface area contributed by atoms with Gasteiger partial charge in [-0.05, 0) is 61.3 Å². The Morgan fingerprint density at radius 2 is 1.92 bits per heavy atom. The number of likely N-dealkylation sites (tertiary alicyclic amines) is 1. The van der Waals surface area contributed by atoms with Gasteiger partial charge in [-0.25, -0.2) is 4.98 Å². The van der Waals surface area contributed by atoms with Crippen LogP contribution >= 0.6 is 0 Å². The number of hydrogen-bond acceptors (Lipinski definition) is 7. The van der Waals surface area contributed by atoms with Crippen molar-refractivity contribution in [3.8, 4) is 17.1 Å². The summed E-state index contributed by atoms with van der Waals surface area (Å²) >= 11 is 0. The normalized spacial score (nSPS) is 14.6. The molecule has 186 valence electrons. The Bertz CT molecular complexity index is 1260. The predicted molar refractivity (Wildman–Crippen MR) is 134 cm³/mol. The fourth-order valence-electron chi connectivity index (χ4n) is 4.48. The number of nitrogens with one attached hydrogen (secondary N) is 1. The monoisotopic (exact) mass is 486 g/mol. The van der Waals surface area contributed by atoms with E-state index in [1.807, 2.05) is 47.2 Å². The van der Waals surface area contributed by atoms with Crippen LogP contribution in [0.25, 0.3) is 11.4 Å². The molecule has 0 saturated carbocycles. The first kappa shape index (κ1) is 23.7. The molecule has 1 aliphatic rings. The van der Waals surface area contributed by atoms with Crippen molar-refractivity contribution < 1.29 is 14.1 Å². The van der Waals surface area contributed by atoms with Gasteiger partial charge in [-0.2, -0.15) is 4.98 Å². The smallest absolute Gasteiger partial charge is 0.241 e. The van der Waals surface area contributed by atoms with E-state index in [1.54, 1.807) is 19.6 Å². The van der Waals surface area contributed by atoms with Gasteiger partial charge in [0.1, 0.15) is 5.75 Å². The summed E-state index contributed by atoms with van der Waals surface area (Å²) in [6.07, 6.45) is 7.15. The molecule has 0 radical (unpaired) electrons. The fraction of sp³-hybridized carbons (Fsp3) is 0.333. The number of benzene rings is 2. The van der Waals surface area contributed by atoms with Crippen molar-refractivity contribution in [2.24, 2.45) is 5.92 Å². The van der Waals surface area contributed by atoms with E-state index in [0.29, 0.717) is 24.8 Å². The SMILES string of the molecule is COc1ccc(-c2noc(CN3CCC(C(=O)NCc4cccc(Cn5ccnc5)c4)CC3)n2)cc1. The summed E-state index contributed by atoms with van der Waals surface area (Å²) in [5.74, 6) is 2.07. The average molecular weight is 487 g/mol. The van der Waals surface area contributed by atoms with Crippen molar-refractivity contribution in [2.75, 3.05) is 20.2 Å². The molecule has 3 heterocycles. The van der Waals surface area contributed by atoms with E-state index in [0.717, 1.165) is 49.4 Å². The summed E-state index contributed by atoms with van der Waals surface area (Å²) in [5.41, 5.74) is 3.17.